The largest absolute Gasteiger partial charge is 0.481 e. The highest BCUT2D eigenvalue weighted by Gasteiger charge is 2.46. The Morgan fingerprint density at radius 1 is 0.512 bits per heavy atom. The highest BCUT2D eigenvalue weighted by Crippen LogP contribution is 2.37. The molecule has 0 heterocycles. The highest BCUT2D eigenvalue weighted by atomic mass is 16.5. The molecule has 1 N–H and O–H groups in total. The molecule has 0 spiro atoms. The topological polar surface area (TPSA) is 89.9 Å². The first-order valence-electron chi connectivity index (χ1n) is 17.6. The Balaban J connectivity index is 2.21. The Labute approximate surface area is 252 Å². The maximum absolute atomic E-state index is 12.8. The predicted octanol–water partition coefficient (Wildman–Crippen LogP) is 9.81. The molecule has 1 aliphatic carbocycles. The van der Waals surface area contributed by atoms with E-state index in [0.29, 0.717) is 32.5 Å². The lowest BCUT2D eigenvalue weighted by molar-refractivity contribution is -0.169. The summed E-state index contributed by atoms with van der Waals surface area (Å²) in [6.45, 7) is 5.13. The van der Waals surface area contributed by atoms with Gasteiger partial charge in [-0.05, 0) is 25.7 Å². The summed E-state index contributed by atoms with van der Waals surface area (Å²) in [5.41, 5.74) is 0. The molecule has 2 unspecified atom stereocenters. The molecule has 0 aliphatic heterocycles. The Morgan fingerprint density at radius 3 is 1.10 bits per heavy atom. The van der Waals surface area contributed by atoms with Crippen molar-refractivity contribution in [1.82, 2.24) is 0 Å². The smallest absolute Gasteiger partial charge is 0.309 e. The molecule has 240 valence electrons. The monoisotopic (exact) mass is 580 g/mol. The van der Waals surface area contributed by atoms with Crippen molar-refractivity contribution in [2.24, 2.45) is 17.8 Å². The minimum Gasteiger partial charge on any atom is -0.481 e. The van der Waals surface area contributed by atoms with Crippen LogP contribution in [0.15, 0.2) is 0 Å². The number of rotatable bonds is 27. The fourth-order valence-electron chi connectivity index (χ4n) is 6.16. The van der Waals surface area contributed by atoms with E-state index in [2.05, 4.69) is 13.8 Å². The van der Waals surface area contributed by atoms with Crippen LogP contribution in [-0.2, 0) is 23.9 Å². The van der Waals surface area contributed by atoms with Gasteiger partial charge in [0.25, 0.3) is 0 Å². The van der Waals surface area contributed by atoms with Gasteiger partial charge in [-0.3, -0.25) is 14.4 Å². The number of unbranched alkanes of at least 4 members (excludes halogenated alkanes) is 20. The molecule has 0 saturated heterocycles. The van der Waals surface area contributed by atoms with E-state index < -0.39 is 35.7 Å². The molecule has 1 saturated carbocycles. The minimum absolute atomic E-state index is 0.326. The van der Waals surface area contributed by atoms with Crippen LogP contribution >= 0.6 is 0 Å². The highest BCUT2D eigenvalue weighted by molar-refractivity contribution is 5.86. The Bertz CT molecular complexity index is 615. The fraction of sp³-hybridized carbons (Fsp3) is 0.914. The zero-order valence-corrected chi connectivity index (χ0v) is 26.8. The van der Waals surface area contributed by atoms with Crippen LogP contribution in [0.4, 0.5) is 0 Å². The molecule has 1 aliphatic rings. The molecule has 0 amide bonds. The molecule has 0 aromatic carbocycles. The van der Waals surface area contributed by atoms with E-state index in [1.165, 1.54) is 103 Å². The van der Waals surface area contributed by atoms with Crippen LogP contribution in [0.3, 0.4) is 0 Å². The van der Waals surface area contributed by atoms with E-state index in [0.717, 1.165) is 38.5 Å². The third kappa shape index (κ3) is 18.5. The van der Waals surface area contributed by atoms with Crippen LogP contribution in [0.1, 0.15) is 174 Å². The van der Waals surface area contributed by atoms with Gasteiger partial charge in [0.2, 0.25) is 0 Å². The zero-order chi connectivity index (χ0) is 30.0. The standard InChI is InChI=1S/C35H64O6/c1-3-5-7-9-11-13-15-17-19-21-23-28-40-34(38)30-26-25-27-31(32(30)33(36)37)35(39)41-29-24-22-20-18-16-14-12-10-8-6-4-2/h30-32H,3-29H2,1-2H3,(H,36,37). The molecular weight excluding hydrogens is 516 g/mol. The molecule has 0 aromatic heterocycles. The number of esters is 2. The summed E-state index contributed by atoms with van der Waals surface area (Å²) in [6, 6.07) is 0. The van der Waals surface area contributed by atoms with Gasteiger partial charge >= 0.3 is 17.9 Å². The number of ether oxygens (including phenoxy) is 2. The van der Waals surface area contributed by atoms with Gasteiger partial charge < -0.3 is 14.6 Å². The van der Waals surface area contributed by atoms with Gasteiger partial charge in [-0.25, -0.2) is 0 Å². The van der Waals surface area contributed by atoms with Crippen LogP contribution in [0.25, 0.3) is 0 Å². The van der Waals surface area contributed by atoms with Gasteiger partial charge in [-0.2, -0.15) is 0 Å². The summed E-state index contributed by atoms with van der Waals surface area (Å²) in [4.78, 5) is 37.7. The van der Waals surface area contributed by atoms with Gasteiger partial charge in [0, 0.05) is 0 Å². The Hall–Kier alpha value is -1.59. The molecule has 0 radical (unpaired) electrons. The average molecular weight is 581 g/mol. The van der Waals surface area contributed by atoms with Crippen molar-refractivity contribution in [3.8, 4) is 0 Å². The van der Waals surface area contributed by atoms with Crippen LogP contribution < -0.4 is 0 Å². The molecular formula is C35H64O6. The molecule has 0 bridgehead atoms. The number of carbonyl (C=O) groups excluding carboxylic acids is 2. The van der Waals surface area contributed by atoms with E-state index >= 15 is 0 Å². The summed E-state index contributed by atoms with van der Waals surface area (Å²) >= 11 is 0. The lowest BCUT2D eigenvalue weighted by Crippen LogP contribution is -2.43. The second-order valence-corrected chi connectivity index (χ2v) is 12.4. The van der Waals surface area contributed by atoms with Gasteiger partial charge in [0.1, 0.15) is 0 Å². The van der Waals surface area contributed by atoms with Crippen LogP contribution in [0.2, 0.25) is 0 Å². The van der Waals surface area contributed by atoms with Gasteiger partial charge in [-0.15, -0.1) is 0 Å². The van der Waals surface area contributed by atoms with Crippen molar-refractivity contribution in [1.29, 1.82) is 0 Å². The summed E-state index contributed by atoms with van der Waals surface area (Å²) in [5, 5.41) is 9.91. The Morgan fingerprint density at radius 2 is 0.805 bits per heavy atom. The first-order valence-corrected chi connectivity index (χ1v) is 17.6. The second-order valence-electron chi connectivity index (χ2n) is 12.4. The molecule has 1 fully saturated rings. The van der Waals surface area contributed by atoms with Crippen molar-refractivity contribution >= 4 is 17.9 Å². The number of carboxylic acids is 1. The Kier molecular flexibility index (Phi) is 23.8. The number of aliphatic carboxylic acids is 1. The predicted molar refractivity (Wildman–Crippen MR) is 167 cm³/mol. The fourth-order valence-corrected chi connectivity index (χ4v) is 6.16. The summed E-state index contributed by atoms with van der Waals surface area (Å²) in [6.07, 6.45) is 28.4. The molecule has 2 atom stereocenters. The first-order chi connectivity index (χ1) is 20.0. The lowest BCUT2D eigenvalue weighted by atomic mass is 9.72. The quantitative estimate of drug-likeness (QED) is 0.0768. The maximum Gasteiger partial charge on any atom is 0.309 e. The molecule has 0 aromatic rings. The summed E-state index contributed by atoms with van der Waals surface area (Å²) < 4.78 is 11.0. The van der Waals surface area contributed by atoms with E-state index in [1.54, 1.807) is 0 Å². The van der Waals surface area contributed by atoms with E-state index in [-0.39, 0.29) is 0 Å². The summed E-state index contributed by atoms with van der Waals surface area (Å²) in [5.74, 6) is -4.63. The molecule has 1 rings (SSSR count). The number of carbonyl (C=O) groups is 3. The minimum atomic E-state index is -1.10. The van der Waals surface area contributed by atoms with Crippen LogP contribution in [-0.4, -0.2) is 36.2 Å². The van der Waals surface area contributed by atoms with Crippen molar-refractivity contribution in [3.05, 3.63) is 0 Å². The number of carboxylic acid groups (broad SMARTS) is 1. The third-order valence-electron chi connectivity index (χ3n) is 8.77. The number of hydrogen-bond donors (Lipinski definition) is 1. The maximum atomic E-state index is 12.8. The molecule has 6 nitrogen and oxygen atoms in total. The number of hydrogen-bond acceptors (Lipinski definition) is 5. The van der Waals surface area contributed by atoms with E-state index in [1.807, 2.05) is 0 Å². The third-order valence-corrected chi connectivity index (χ3v) is 8.77. The normalized spacial score (nSPS) is 18.7. The van der Waals surface area contributed by atoms with Crippen molar-refractivity contribution in [3.63, 3.8) is 0 Å². The van der Waals surface area contributed by atoms with Crippen LogP contribution in [0, 0.1) is 17.8 Å². The van der Waals surface area contributed by atoms with E-state index in [9.17, 15) is 19.5 Å². The van der Waals surface area contributed by atoms with Crippen molar-refractivity contribution < 1.29 is 29.0 Å². The first kappa shape index (κ1) is 37.4. The SMILES string of the molecule is CCCCCCCCCCCCCOC(=O)C1CCCC(C(=O)OCCCCCCCCCCCCC)C1C(=O)O. The van der Waals surface area contributed by atoms with Gasteiger partial charge in [-0.1, -0.05) is 149 Å². The van der Waals surface area contributed by atoms with E-state index in [4.69, 9.17) is 9.47 Å². The molecule has 41 heavy (non-hydrogen) atoms. The van der Waals surface area contributed by atoms with Crippen molar-refractivity contribution in [2.45, 2.75) is 174 Å². The summed E-state index contributed by atoms with van der Waals surface area (Å²) in [7, 11) is 0. The average Bonchev–Trinajstić information content (AvgIpc) is 2.97. The molecule has 6 heteroatoms. The van der Waals surface area contributed by atoms with Crippen LogP contribution in [0.5, 0.6) is 0 Å². The van der Waals surface area contributed by atoms with Gasteiger partial charge in [0.05, 0.1) is 31.0 Å². The second kappa shape index (κ2) is 26.1. The van der Waals surface area contributed by atoms with Gasteiger partial charge in [0.15, 0.2) is 0 Å². The lowest BCUT2D eigenvalue weighted by Gasteiger charge is -2.32. The zero-order valence-electron chi connectivity index (χ0n) is 26.8. The van der Waals surface area contributed by atoms with Crippen molar-refractivity contribution in [2.75, 3.05) is 13.2 Å².